The van der Waals surface area contributed by atoms with Crippen LogP contribution in [0.2, 0.25) is 10.0 Å². The molecule has 0 bridgehead atoms. The molecule has 16 heavy (non-hydrogen) atoms. The van der Waals surface area contributed by atoms with Gasteiger partial charge in [-0.15, -0.1) is 0 Å². The summed E-state index contributed by atoms with van der Waals surface area (Å²) in [6, 6.07) is 4.69. The molecule has 0 spiro atoms. The molecule has 0 N–H and O–H groups in total. The maximum atomic E-state index is 11.9. The number of ketones is 1. The number of carbonyl (C=O) groups excluding carboxylic acids is 1. The number of rotatable bonds is 2. The molecule has 0 aliphatic carbocycles. The number of carbonyl (C=O) groups is 1. The minimum atomic E-state index is -0.230. The fourth-order valence-electron chi connectivity index (χ4n) is 1.20. The van der Waals surface area contributed by atoms with E-state index in [2.05, 4.69) is 9.97 Å². The van der Waals surface area contributed by atoms with Crippen molar-refractivity contribution in [2.75, 3.05) is 0 Å². The Morgan fingerprint density at radius 3 is 2.56 bits per heavy atom. The average Bonchev–Trinajstić information content (AvgIpc) is 2.33. The van der Waals surface area contributed by atoms with E-state index in [0.29, 0.717) is 15.6 Å². The summed E-state index contributed by atoms with van der Waals surface area (Å²) >= 11 is 11.6. The third-order valence-electron chi connectivity index (χ3n) is 1.98. The molecule has 0 amide bonds. The molecule has 0 aliphatic heterocycles. The van der Waals surface area contributed by atoms with Crippen molar-refractivity contribution in [3.63, 3.8) is 0 Å². The zero-order valence-electron chi connectivity index (χ0n) is 8.02. The van der Waals surface area contributed by atoms with E-state index < -0.39 is 0 Å². The fourth-order valence-corrected chi connectivity index (χ4v) is 1.50. The standard InChI is InChI=1S/C11H6Cl2N2O/c12-8-2-1-7(5-9(8)13)11(16)10-6-14-3-4-15-10/h1-6H. The largest absolute Gasteiger partial charge is 0.287 e. The van der Waals surface area contributed by atoms with Gasteiger partial charge >= 0.3 is 0 Å². The van der Waals surface area contributed by atoms with Gasteiger partial charge in [0, 0.05) is 18.0 Å². The van der Waals surface area contributed by atoms with E-state index in [1.54, 1.807) is 12.1 Å². The van der Waals surface area contributed by atoms with Gasteiger partial charge in [0.05, 0.1) is 16.2 Å². The minimum absolute atomic E-state index is 0.230. The molecule has 0 aliphatic rings. The van der Waals surface area contributed by atoms with Crippen LogP contribution in [0, 0.1) is 0 Å². The number of aromatic nitrogens is 2. The second kappa shape index (κ2) is 4.60. The molecule has 0 saturated carbocycles. The number of halogens is 2. The van der Waals surface area contributed by atoms with Crippen molar-refractivity contribution >= 4 is 29.0 Å². The van der Waals surface area contributed by atoms with Crippen molar-refractivity contribution in [3.05, 3.63) is 58.1 Å². The number of nitrogens with zero attached hydrogens (tertiary/aromatic N) is 2. The molecule has 5 heteroatoms. The summed E-state index contributed by atoms with van der Waals surface area (Å²) in [6.45, 7) is 0. The zero-order valence-corrected chi connectivity index (χ0v) is 9.53. The van der Waals surface area contributed by atoms with Gasteiger partial charge in [-0.25, -0.2) is 4.98 Å². The molecule has 2 rings (SSSR count). The van der Waals surface area contributed by atoms with Crippen molar-refractivity contribution in [1.29, 1.82) is 0 Å². The molecule has 1 aromatic carbocycles. The highest BCUT2D eigenvalue weighted by molar-refractivity contribution is 6.42. The van der Waals surface area contributed by atoms with E-state index in [-0.39, 0.29) is 11.5 Å². The Bertz CT molecular complexity index is 529. The Kier molecular flexibility index (Phi) is 3.17. The van der Waals surface area contributed by atoms with E-state index in [1.807, 2.05) is 0 Å². The van der Waals surface area contributed by atoms with Crippen molar-refractivity contribution in [2.45, 2.75) is 0 Å². The van der Waals surface area contributed by atoms with Crippen LogP contribution in [0.1, 0.15) is 16.1 Å². The maximum Gasteiger partial charge on any atom is 0.212 e. The van der Waals surface area contributed by atoms with Gasteiger partial charge in [0.2, 0.25) is 5.78 Å². The van der Waals surface area contributed by atoms with Crippen LogP contribution in [0.15, 0.2) is 36.8 Å². The SMILES string of the molecule is O=C(c1ccc(Cl)c(Cl)c1)c1cnccn1. The normalized spacial score (nSPS) is 10.1. The van der Waals surface area contributed by atoms with E-state index in [4.69, 9.17) is 23.2 Å². The molecule has 80 valence electrons. The second-order valence-corrected chi connectivity index (χ2v) is 3.86. The van der Waals surface area contributed by atoms with Gasteiger partial charge in [0.1, 0.15) is 5.69 Å². The highest BCUT2D eigenvalue weighted by Crippen LogP contribution is 2.23. The predicted octanol–water partition coefficient (Wildman–Crippen LogP) is 3.01. The summed E-state index contributed by atoms with van der Waals surface area (Å²) in [5.74, 6) is -0.230. The molecule has 1 aromatic heterocycles. The Balaban J connectivity index is 2.39. The van der Waals surface area contributed by atoms with Crippen LogP contribution in [-0.2, 0) is 0 Å². The summed E-state index contributed by atoms with van der Waals surface area (Å²) in [4.78, 5) is 19.7. The highest BCUT2D eigenvalue weighted by Gasteiger charge is 2.11. The van der Waals surface area contributed by atoms with Crippen molar-refractivity contribution in [1.82, 2.24) is 9.97 Å². The van der Waals surface area contributed by atoms with Crippen LogP contribution >= 0.6 is 23.2 Å². The molecule has 0 fully saturated rings. The Labute approximate surface area is 102 Å². The van der Waals surface area contributed by atoms with Gasteiger partial charge in [-0.2, -0.15) is 0 Å². The Hall–Kier alpha value is -1.45. The van der Waals surface area contributed by atoms with Gasteiger partial charge in [-0.05, 0) is 18.2 Å². The highest BCUT2D eigenvalue weighted by atomic mass is 35.5. The maximum absolute atomic E-state index is 11.9. The first kappa shape index (κ1) is 11.0. The lowest BCUT2D eigenvalue weighted by molar-refractivity contribution is 0.103. The summed E-state index contributed by atoms with van der Waals surface area (Å²) in [7, 11) is 0. The van der Waals surface area contributed by atoms with Crippen molar-refractivity contribution in [2.24, 2.45) is 0 Å². The van der Waals surface area contributed by atoms with E-state index >= 15 is 0 Å². The van der Waals surface area contributed by atoms with Gasteiger partial charge in [-0.3, -0.25) is 9.78 Å². The average molecular weight is 253 g/mol. The molecule has 0 atom stereocenters. The summed E-state index contributed by atoms with van der Waals surface area (Å²) in [5.41, 5.74) is 0.718. The molecular weight excluding hydrogens is 247 g/mol. The summed E-state index contributed by atoms with van der Waals surface area (Å²) in [6.07, 6.45) is 4.38. The van der Waals surface area contributed by atoms with Crippen LogP contribution in [0.4, 0.5) is 0 Å². The van der Waals surface area contributed by atoms with Gasteiger partial charge < -0.3 is 0 Å². The molecule has 3 nitrogen and oxygen atoms in total. The third-order valence-corrected chi connectivity index (χ3v) is 2.72. The molecule has 1 heterocycles. The molecule has 0 unspecified atom stereocenters. The number of benzene rings is 1. The molecule has 2 aromatic rings. The smallest absolute Gasteiger partial charge is 0.212 e. The van der Waals surface area contributed by atoms with Gasteiger partial charge in [0.15, 0.2) is 0 Å². The first-order valence-electron chi connectivity index (χ1n) is 4.44. The number of hydrogen-bond acceptors (Lipinski definition) is 3. The topological polar surface area (TPSA) is 42.9 Å². The predicted molar refractivity (Wildman–Crippen MR) is 61.9 cm³/mol. The first-order valence-corrected chi connectivity index (χ1v) is 5.20. The van der Waals surface area contributed by atoms with Crippen LogP contribution in [-0.4, -0.2) is 15.8 Å². The van der Waals surface area contributed by atoms with Crippen LogP contribution in [0.3, 0.4) is 0 Å². The molecule has 0 saturated heterocycles. The Morgan fingerprint density at radius 2 is 1.94 bits per heavy atom. The van der Waals surface area contributed by atoms with Crippen molar-refractivity contribution < 1.29 is 4.79 Å². The van der Waals surface area contributed by atoms with E-state index in [9.17, 15) is 4.79 Å². The summed E-state index contributed by atoms with van der Waals surface area (Å²) < 4.78 is 0. The zero-order chi connectivity index (χ0) is 11.5. The quantitative estimate of drug-likeness (QED) is 0.772. The summed E-state index contributed by atoms with van der Waals surface area (Å²) in [5, 5.41) is 0.758. The third kappa shape index (κ3) is 2.21. The second-order valence-electron chi connectivity index (χ2n) is 3.05. The lowest BCUT2D eigenvalue weighted by atomic mass is 10.1. The van der Waals surface area contributed by atoms with E-state index in [1.165, 1.54) is 24.7 Å². The van der Waals surface area contributed by atoms with Crippen molar-refractivity contribution in [3.8, 4) is 0 Å². The first-order chi connectivity index (χ1) is 7.68. The Morgan fingerprint density at radius 1 is 1.12 bits per heavy atom. The monoisotopic (exact) mass is 252 g/mol. The van der Waals surface area contributed by atoms with Gasteiger partial charge in [-0.1, -0.05) is 23.2 Å². The van der Waals surface area contributed by atoms with Gasteiger partial charge in [0.25, 0.3) is 0 Å². The fraction of sp³-hybridized carbons (Fsp3) is 0. The number of hydrogen-bond donors (Lipinski definition) is 0. The lowest BCUT2D eigenvalue weighted by Gasteiger charge is -2.01. The lowest BCUT2D eigenvalue weighted by Crippen LogP contribution is -2.04. The van der Waals surface area contributed by atoms with E-state index in [0.717, 1.165) is 0 Å². The van der Waals surface area contributed by atoms with Crippen LogP contribution in [0.25, 0.3) is 0 Å². The molecule has 0 radical (unpaired) electrons. The minimum Gasteiger partial charge on any atom is -0.287 e. The van der Waals surface area contributed by atoms with Crippen LogP contribution < -0.4 is 0 Å². The molecular formula is C11H6Cl2N2O. The van der Waals surface area contributed by atoms with Crippen LogP contribution in [0.5, 0.6) is 0 Å².